The molecule has 0 aliphatic rings. The molecule has 0 spiro atoms. The molecule has 0 fully saturated rings. The van der Waals surface area contributed by atoms with Crippen molar-refractivity contribution in [2.45, 2.75) is 0 Å². The topological polar surface area (TPSA) is 22.1 Å². The van der Waals surface area contributed by atoms with Crippen LogP contribution in [0.2, 0.25) is 0 Å². The molecule has 0 aliphatic heterocycles. The van der Waals surface area contributed by atoms with E-state index in [9.17, 15) is 4.39 Å². The van der Waals surface area contributed by atoms with Crippen LogP contribution >= 0.6 is 27.3 Å². The van der Waals surface area contributed by atoms with E-state index in [-0.39, 0.29) is 5.75 Å². The molecule has 1 aromatic heterocycles. The molecule has 2 aromatic carbocycles. The summed E-state index contributed by atoms with van der Waals surface area (Å²) in [5.74, 6) is -0.235. The molecule has 0 atom stereocenters. The van der Waals surface area contributed by atoms with Crippen LogP contribution in [0.3, 0.4) is 0 Å². The van der Waals surface area contributed by atoms with Crippen molar-refractivity contribution in [3.8, 4) is 10.9 Å². The maximum atomic E-state index is 13.6. The lowest BCUT2D eigenvalue weighted by atomic mass is 10.3. The van der Waals surface area contributed by atoms with Crippen LogP contribution in [0.4, 0.5) is 4.39 Å². The van der Waals surface area contributed by atoms with Crippen LogP contribution in [0, 0.1) is 5.82 Å². The van der Waals surface area contributed by atoms with Crippen LogP contribution in [0.1, 0.15) is 0 Å². The highest BCUT2D eigenvalue weighted by molar-refractivity contribution is 9.10. The lowest BCUT2D eigenvalue weighted by molar-refractivity contribution is 0.440. The van der Waals surface area contributed by atoms with Gasteiger partial charge in [0, 0.05) is 4.47 Å². The number of halogens is 2. The highest BCUT2D eigenvalue weighted by Crippen LogP contribution is 2.32. The summed E-state index contributed by atoms with van der Waals surface area (Å²) < 4.78 is 20.8. The Morgan fingerprint density at radius 3 is 2.78 bits per heavy atom. The third-order valence-corrected chi connectivity index (χ3v) is 3.77. The molecule has 90 valence electrons. The van der Waals surface area contributed by atoms with Gasteiger partial charge in [-0.25, -0.2) is 9.37 Å². The molecule has 0 radical (unpaired) electrons. The Morgan fingerprint density at radius 2 is 2.00 bits per heavy atom. The summed E-state index contributed by atoms with van der Waals surface area (Å²) in [5, 5.41) is 0.442. The number of fused-ring (bicyclic) bond motifs is 1. The zero-order valence-corrected chi connectivity index (χ0v) is 11.5. The summed E-state index contributed by atoms with van der Waals surface area (Å²) >= 11 is 4.59. The molecule has 3 rings (SSSR count). The third-order valence-electron chi connectivity index (χ3n) is 2.37. The Bertz CT molecular complexity index is 680. The average molecular weight is 324 g/mol. The second-order valence-corrected chi connectivity index (χ2v) is 5.53. The summed E-state index contributed by atoms with van der Waals surface area (Å²) in [7, 11) is 0. The largest absolute Gasteiger partial charge is 0.428 e. The summed E-state index contributed by atoms with van der Waals surface area (Å²) in [5.41, 5.74) is 0.856. The predicted molar refractivity (Wildman–Crippen MR) is 73.8 cm³/mol. The van der Waals surface area contributed by atoms with E-state index in [1.807, 2.05) is 24.3 Å². The number of nitrogens with zero attached hydrogens (tertiary/aromatic N) is 1. The van der Waals surface area contributed by atoms with Gasteiger partial charge in [0.15, 0.2) is 11.6 Å². The van der Waals surface area contributed by atoms with Crippen LogP contribution in [-0.4, -0.2) is 4.98 Å². The molecular formula is C13H7BrFNOS. The maximum Gasteiger partial charge on any atom is 0.279 e. The minimum atomic E-state index is -0.413. The summed E-state index contributed by atoms with van der Waals surface area (Å²) in [6, 6.07) is 12.4. The number of benzene rings is 2. The van der Waals surface area contributed by atoms with Gasteiger partial charge in [-0.05, 0) is 30.3 Å². The highest BCUT2D eigenvalue weighted by Gasteiger charge is 2.09. The van der Waals surface area contributed by atoms with Gasteiger partial charge in [-0.2, -0.15) is 0 Å². The minimum Gasteiger partial charge on any atom is -0.428 e. The molecule has 0 amide bonds. The molecule has 2 nitrogen and oxygen atoms in total. The van der Waals surface area contributed by atoms with Crippen LogP contribution in [0.5, 0.6) is 10.9 Å². The SMILES string of the molecule is Fc1cc(Br)ccc1Oc1nc2ccccc2s1. The number of hydrogen-bond donors (Lipinski definition) is 0. The number of thiazole rings is 1. The van der Waals surface area contributed by atoms with Crippen molar-refractivity contribution in [1.82, 2.24) is 4.98 Å². The smallest absolute Gasteiger partial charge is 0.279 e. The molecule has 1 heterocycles. The molecule has 0 saturated carbocycles. The van der Waals surface area contributed by atoms with Crippen molar-refractivity contribution >= 4 is 37.5 Å². The Labute approximate surface area is 115 Å². The molecular weight excluding hydrogens is 317 g/mol. The van der Waals surface area contributed by atoms with E-state index in [1.54, 1.807) is 12.1 Å². The fourth-order valence-electron chi connectivity index (χ4n) is 1.55. The van der Waals surface area contributed by atoms with Gasteiger partial charge in [0.25, 0.3) is 5.19 Å². The monoisotopic (exact) mass is 323 g/mol. The van der Waals surface area contributed by atoms with Crippen molar-refractivity contribution in [2.75, 3.05) is 0 Å². The molecule has 18 heavy (non-hydrogen) atoms. The van der Waals surface area contributed by atoms with Gasteiger partial charge in [0.05, 0.1) is 10.2 Å². The van der Waals surface area contributed by atoms with Crippen molar-refractivity contribution < 1.29 is 9.13 Å². The van der Waals surface area contributed by atoms with E-state index >= 15 is 0 Å². The molecule has 0 N–H and O–H groups in total. The van der Waals surface area contributed by atoms with E-state index in [1.165, 1.54) is 17.4 Å². The molecule has 0 bridgehead atoms. The zero-order valence-electron chi connectivity index (χ0n) is 9.06. The van der Waals surface area contributed by atoms with Crippen molar-refractivity contribution in [3.05, 3.63) is 52.8 Å². The van der Waals surface area contributed by atoms with E-state index in [0.29, 0.717) is 9.67 Å². The van der Waals surface area contributed by atoms with Crippen LogP contribution < -0.4 is 4.74 Å². The van der Waals surface area contributed by atoms with Crippen LogP contribution in [0.15, 0.2) is 46.9 Å². The van der Waals surface area contributed by atoms with Crippen LogP contribution in [-0.2, 0) is 0 Å². The Kier molecular flexibility index (Phi) is 3.01. The van der Waals surface area contributed by atoms with Crippen molar-refractivity contribution in [1.29, 1.82) is 0 Å². The Balaban J connectivity index is 1.96. The van der Waals surface area contributed by atoms with Gasteiger partial charge in [-0.1, -0.05) is 39.4 Å². The quantitative estimate of drug-likeness (QED) is 0.662. The first-order valence-corrected chi connectivity index (χ1v) is 6.82. The molecule has 5 heteroatoms. The predicted octanol–water partition coefficient (Wildman–Crippen LogP) is 4.99. The second kappa shape index (κ2) is 4.66. The first-order valence-electron chi connectivity index (χ1n) is 5.21. The lowest BCUT2D eigenvalue weighted by Crippen LogP contribution is -1.87. The fraction of sp³-hybridized carbons (Fsp3) is 0. The van der Waals surface area contributed by atoms with Gasteiger partial charge < -0.3 is 4.74 Å². The zero-order chi connectivity index (χ0) is 12.5. The van der Waals surface area contributed by atoms with Gasteiger partial charge >= 0.3 is 0 Å². The van der Waals surface area contributed by atoms with E-state index in [0.717, 1.165) is 10.2 Å². The lowest BCUT2D eigenvalue weighted by Gasteiger charge is -2.02. The van der Waals surface area contributed by atoms with E-state index < -0.39 is 5.82 Å². The van der Waals surface area contributed by atoms with E-state index in [2.05, 4.69) is 20.9 Å². The number of ether oxygens (including phenoxy) is 1. The molecule has 0 aliphatic carbocycles. The summed E-state index contributed by atoms with van der Waals surface area (Å²) in [6.07, 6.45) is 0. The average Bonchev–Trinajstić information content (AvgIpc) is 2.75. The summed E-state index contributed by atoms with van der Waals surface area (Å²) in [4.78, 5) is 4.29. The summed E-state index contributed by atoms with van der Waals surface area (Å²) in [6.45, 7) is 0. The number of aromatic nitrogens is 1. The van der Waals surface area contributed by atoms with Gasteiger partial charge in [-0.3, -0.25) is 0 Å². The Hall–Kier alpha value is -1.46. The van der Waals surface area contributed by atoms with Gasteiger partial charge in [0.1, 0.15) is 0 Å². The first kappa shape index (κ1) is 11.6. The van der Waals surface area contributed by atoms with Crippen molar-refractivity contribution in [2.24, 2.45) is 0 Å². The molecule has 0 unspecified atom stereocenters. The normalized spacial score (nSPS) is 10.8. The highest BCUT2D eigenvalue weighted by atomic mass is 79.9. The van der Waals surface area contributed by atoms with E-state index in [4.69, 9.17) is 4.74 Å². The van der Waals surface area contributed by atoms with Gasteiger partial charge in [-0.15, -0.1) is 0 Å². The number of rotatable bonds is 2. The van der Waals surface area contributed by atoms with Gasteiger partial charge in [0.2, 0.25) is 0 Å². The number of hydrogen-bond acceptors (Lipinski definition) is 3. The number of para-hydroxylation sites is 1. The molecule has 3 aromatic rings. The first-order chi connectivity index (χ1) is 8.72. The van der Waals surface area contributed by atoms with Crippen LogP contribution in [0.25, 0.3) is 10.2 Å². The van der Waals surface area contributed by atoms with Crippen molar-refractivity contribution in [3.63, 3.8) is 0 Å². The molecule has 0 saturated heterocycles. The minimum absolute atomic E-state index is 0.178. The standard InChI is InChI=1S/C13H7BrFNOS/c14-8-5-6-11(9(15)7-8)17-13-16-10-3-1-2-4-12(10)18-13/h1-7H. The second-order valence-electron chi connectivity index (χ2n) is 3.62. The fourth-order valence-corrected chi connectivity index (χ4v) is 2.71. The maximum absolute atomic E-state index is 13.6. The Morgan fingerprint density at radius 1 is 1.17 bits per heavy atom. The third kappa shape index (κ3) is 2.23.